The predicted octanol–water partition coefficient (Wildman–Crippen LogP) is 3.21. The van der Waals surface area contributed by atoms with Crippen LogP contribution in [0.25, 0.3) is 0 Å². The van der Waals surface area contributed by atoms with Crippen molar-refractivity contribution in [1.29, 1.82) is 0 Å². The van der Waals surface area contributed by atoms with Crippen molar-refractivity contribution < 1.29 is 14.3 Å². The normalized spacial score (nSPS) is 14.4. The number of hydrogen-bond donors (Lipinski definition) is 0. The Balaban J connectivity index is 2.05. The van der Waals surface area contributed by atoms with Crippen molar-refractivity contribution in [3.63, 3.8) is 0 Å². The number of ether oxygens (including phenoxy) is 1. The summed E-state index contributed by atoms with van der Waals surface area (Å²) < 4.78 is 7.20. The Morgan fingerprint density at radius 3 is 2.50 bits per heavy atom. The average Bonchev–Trinajstić information content (AvgIpc) is 3.36. The second-order valence-electron chi connectivity index (χ2n) is 7.87. The highest BCUT2D eigenvalue weighted by atomic mass is 16.5. The van der Waals surface area contributed by atoms with Gasteiger partial charge in [-0.2, -0.15) is 0 Å². The molecular weight excluding hydrogens is 354 g/mol. The molecule has 0 N–H and O–H groups in total. The van der Waals surface area contributed by atoms with Crippen molar-refractivity contribution in [2.24, 2.45) is 13.0 Å². The standard InChI is InChI=1S/C22H37N3O3/c1-4-5-14-24(17-20-12-8-13-23(20)2)21(26)18-25(15-9-16-28-3)22(27)19-10-6-7-11-19/h8,12-13,19H,4-7,9-11,14-18H2,1-3H3. The van der Waals surface area contributed by atoms with Crippen LogP contribution in [0.5, 0.6) is 0 Å². The Bertz CT molecular complexity index is 608. The SMILES string of the molecule is CCCCN(Cc1cccn1C)C(=O)CN(CCCOC)C(=O)C1CCCC1. The third kappa shape index (κ3) is 6.66. The van der Waals surface area contributed by atoms with E-state index < -0.39 is 0 Å². The van der Waals surface area contributed by atoms with Crippen LogP contribution in [0.2, 0.25) is 0 Å². The minimum absolute atomic E-state index is 0.0402. The van der Waals surface area contributed by atoms with Crippen LogP contribution < -0.4 is 0 Å². The molecule has 6 heteroatoms. The van der Waals surface area contributed by atoms with Crippen LogP contribution in [0.15, 0.2) is 18.3 Å². The van der Waals surface area contributed by atoms with E-state index in [0.717, 1.165) is 57.2 Å². The molecule has 0 radical (unpaired) electrons. The summed E-state index contributed by atoms with van der Waals surface area (Å²) in [6, 6.07) is 4.05. The smallest absolute Gasteiger partial charge is 0.242 e. The first-order chi connectivity index (χ1) is 13.6. The number of rotatable bonds is 12. The van der Waals surface area contributed by atoms with Gasteiger partial charge in [-0.1, -0.05) is 26.2 Å². The van der Waals surface area contributed by atoms with Gasteiger partial charge in [-0.05, 0) is 37.8 Å². The van der Waals surface area contributed by atoms with Crippen LogP contribution in [-0.2, 0) is 27.9 Å². The number of carbonyl (C=O) groups is 2. The summed E-state index contributed by atoms with van der Waals surface area (Å²) in [6.45, 7) is 4.81. The first kappa shape index (κ1) is 22.5. The molecule has 0 unspecified atom stereocenters. The quantitative estimate of drug-likeness (QED) is 0.514. The molecule has 2 rings (SSSR count). The molecule has 0 aliphatic heterocycles. The maximum Gasteiger partial charge on any atom is 0.242 e. The van der Waals surface area contributed by atoms with Crippen LogP contribution in [-0.4, -0.2) is 59.5 Å². The van der Waals surface area contributed by atoms with Crippen molar-refractivity contribution in [1.82, 2.24) is 14.4 Å². The molecule has 2 amide bonds. The fraction of sp³-hybridized carbons (Fsp3) is 0.727. The van der Waals surface area contributed by atoms with Crippen molar-refractivity contribution in [2.45, 2.75) is 58.4 Å². The molecule has 6 nitrogen and oxygen atoms in total. The fourth-order valence-electron chi connectivity index (χ4n) is 3.86. The van der Waals surface area contributed by atoms with Crippen molar-refractivity contribution >= 4 is 11.8 Å². The highest BCUT2D eigenvalue weighted by molar-refractivity contribution is 5.86. The van der Waals surface area contributed by atoms with Gasteiger partial charge in [0.15, 0.2) is 0 Å². The van der Waals surface area contributed by atoms with Crippen LogP contribution in [0, 0.1) is 5.92 Å². The van der Waals surface area contributed by atoms with Gasteiger partial charge in [-0.3, -0.25) is 9.59 Å². The summed E-state index contributed by atoms with van der Waals surface area (Å²) in [6.07, 6.45) is 8.91. The van der Waals surface area contributed by atoms with Crippen LogP contribution in [0.3, 0.4) is 0 Å². The van der Waals surface area contributed by atoms with Gasteiger partial charge in [0.1, 0.15) is 0 Å². The molecule has 28 heavy (non-hydrogen) atoms. The Morgan fingerprint density at radius 1 is 1.18 bits per heavy atom. The number of carbonyl (C=O) groups excluding carboxylic acids is 2. The lowest BCUT2D eigenvalue weighted by Crippen LogP contribution is -2.45. The largest absolute Gasteiger partial charge is 0.385 e. The van der Waals surface area contributed by atoms with E-state index >= 15 is 0 Å². The average molecular weight is 392 g/mol. The van der Waals surface area contributed by atoms with Gasteiger partial charge >= 0.3 is 0 Å². The van der Waals surface area contributed by atoms with E-state index in [1.807, 2.05) is 34.8 Å². The Hall–Kier alpha value is -1.82. The van der Waals surface area contributed by atoms with E-state index in [2.05, 4.69) is 6.92 Å². The zero-order valence-electron chi connectivity index (χ0n) is 17.9. The highest BCUT2D eigenvalue weighted by Crippen LogP contribution is 2.26. The lowest BCUT2D eigenvalue weighted by Gasteiger charge is -2.29. The molecular formula is C22H37N3O3. The molecule has 1 saturated carbocycles. The molecule has 1 fully saturated rings. The Kier molecular flexibility index (Phi) is 9.55. The number of hydrogen-bond acceptors (Lipinski definition) is 3. The number of unbranched alkanes of at least 4 members (excludes halogenated alkanes) is 1. The van der Waals surface area contributed by atoms with E-state index in [4.69, 9.17) is 4.74 Å². The van der Waals surface area contributed by atoms with Gasteiger partial charge in [0, 0.05) is 51.7 Å². The van der Waals surface area contributed by atoms with Gasteiger partial charge in [-0.25, -0.2) is 0 Å². The van der Waals surface area contributed by atoms with Crippen LogP contribution in [0.1, 0.15) is 57.6 Å². The molecule has 1 aromatic rings. The molecule has 0 bridgehead atoms. The zero-order valence-corrected chi connectivity index (χ0v) is 17.9. The molecule has 1 aromatic heterocycles. The minimum atomic E-state index is 0.0402. The number of nitrogens with zero attached hydrogens (tertiary/aromatic N) is 3. The van der Waals surface area contributed by atoms with Gasteiger partial charge in [0.05, 0.1) is 13.1 Å². The lowest BCUT2D eigenvalue weighted by atomic mass is 10.1. The predicted molar refractivity (Wildman–Crippen MR) is 111 cm³/mol. The monoisotopic (exact) mass is 391 g/mol. The number of aryl methyl sites for hydroxylation is 1. The number of methoxy groups -OCH3 is 1. The molecule has 1 aliphatic rings. The van der Waals surface area contributed by atoms with Gasteiger partial charge in [0.25, 0.3) is 0 Å². The van der Waals surface area contributed by atoms with Crippen LogP contribution in [0.4, 0.5) is 0 Å². The van der Waals surface area contributed by atoms with Crippen LogP contribution >= 0.6 is 0 Å². The topological polar surface area (TPSA) is 54.8 Å². The van der Waals surface area contributed by atoms with Crippen molar-refractivity contribution in [3.8, 4) is 0 Å². The minimum Gasteiger partial charge on any atom is -0.385 e. The van der Waals surface area contributed by atoms with E-state index in [1.54, 1.807) is 12.0 Å². The summed E-state index contributed by atoms with van der Waals surface area (Å²) in [7, 11) is 3.67. The first-order valence-electron chi connectivity index (χ1n) is 10.7. The lowest BCUT2D eigenvalue weighted by molar-refractivity contribution is -0.143. The van der Waals surface area contributed by atoms with Gasteiger partial charge in [-0.15, -0.1) is 0 Å². The maximum atomic E-state index is 13.1. The fourth-order valence-corrected chi connectivity index (χ4v) is 3.86. The van der Waals surface area contributed by atoms with E-state index in [1.165, 1.54) is 0 Å². The second-order valence-corrected chi connectivity index (χ2v) is 7.87. The van der Waals surface area contributed by atoms with E-state index in [-0.39, 0.29) is 24.3 Å². The Morgan fingerprint density at radius 2 is 1.89 bits per heavy atom. The van der Waals surface area contributed by atoms with E-state index in [9.17, 15) is 9.59 Å². The van der Waals surface area contributed by atoms with Gasteiger partial charge < -0.3 is 19.1 Å². The molecule has 0 atom stereocenters. The zero-order chi connectivity index (χ0) is 20.4. The summed E-state index contributed by atoms with van der Waals surface area (Å²) in [4.78, 5) is 29.8. The molecule has 1 heterocycles. The van der Waals surface area contributed by atoms with Crippen molar-refractivity contribution in [3.05, 3.63) is 24.0 Å². The third-order valence-electron chi connectivity index (χ3n) is 5.66. The third-order valence-corrected chi connectivity index (χ3v) is 5.66. The Labute approximate surface area is 169 Å². The summed E-state index contributed by atoms with van der Waals surface area (Å²) in [5.41, 5.74) is 1.11. The molecule has 0 aromatic carbocycles. The number of aromatic nitrogens is 1. The molecule has 0 saturated heterocycles. The van der Waals surface area contributed by atoms with E-state index in [0.29, 0.717) is 19.7 Å². The van der Waals surface area contributed by atoms with Gasteiger partial charge in [0.2, 0.25) is 11.8 Å². The molecule has 0 spiro atoms. The molecule has 158 valence electrons. The first-order valence-corrected chi connectivity index (χ1v) is 10.7. The molecule has 1 aliphatic carbocycles. The van der Waals surface area contributed by atoms with Crippen molar-refractivity contribution in [2.75, 3.05) is 33.4 Å². The number of amides is 2. The maximum absolute atomic E-state index is 13.1. The second kappa shape index (κ2) is 11.9. The summed E-state index contributed by atoms with van der Waals surface area (Å²) in [5.74, 6) is 0.280. The summed E-state index contributed by atoms with van der Waals surface area (Å²) >= 11 is 0. The summed E-state index contributed by atoms with van der Waals surface area (Å²) in [5, 5.41) is 0. The highest BCUT2D eigenvalue weighted by Gasteiger charge is 2.29.